The lowest BCUT2D eigenvalue weighted by Crippen LogP contribution is -2.49. The predicted molar refractivity (Wildman–Crippen MR) is 112 cm³/mol. The highest BCUT2D eigenvalue weighted by Crippen LogP contribution is 2.23. The number of nitrogens with zero attached hydrogens (tertiary/aromatic N) is 5. The number of piperazine rings is 1. The fraction of sp³-hybridized carbons (Fsp3) is 0.450. The van der Waals surface area contributed by atoms with Gasteiger partial charge in [-0.3, -0.25) is 9.10 Å². The molecule has 2 saturated heterocycles. The zero-order valence-corrected chi connectivity index (χ0v) is 17.5. The van der Waals surface area contributed by atoms with Crippen LogP contribution in [0, 0.1) is 13.8 Å². The molecule has 154 valence electrons. The van der Waals surface area contributed by atoms with Crippen molar-refractivity contribution in [3.8, 4) is 0 Å². The van der Waals surface area contributed by atoms with Gasteiger partial charge in [-0.25, -0.2) is 18.4 Å². The molecule has 0 atom stereocenters. The number of amides is 1. The fourth-order valence-corrected chi connectivity index (χ4v) is 5.41. The van der Waals surface area contributed by atoms with Crippen LogP contribution in [0.4, 0.5) is 11.6 Å². The Morgan fingerprint density at radius 3 is 2.34 bits per heavy atom. The maximum atomic E-state index is 12.8. The summed E-state index contributed by atoms with van der Waals surface area (Å²) in [5, 5.41) is 0. The monoisotopic (exact) mass is 415 g/mol. The first-order chi connectivity index (χ1) is 13.8. The molecular weight excluding hydrogens is 390 g/mol. The molecule has 0 spiro atoms. The van der Waals surface area contributed by atoms with Gasteiger partial charge in [0.2, 0.25) is 10.0 Å². The van der Waals surface area contributed by atoms with E-state index in [0.29, 0.717) is 37.4 Å². The van der Waals surface area contributed by atoms with Gasteiger partial charge >= 0.3 is 0 Å². The molecule has 0 radical (unpaired) electrons. The second-order valence-corrected chi connectivity index (χ2v) is 9.59. The summed E-state index contributed by atoms with van der Waals surface area (Å²) in [7, 11) is -3.27. The lowest BCUT2D eigenvalue weighted by atomic mass is 10.2. The first kappa shape index (κ1) is 19.6. The lowest BCUT2D eigenvalue weighted by Gasteiger charge is -2.36. The summed E-state index contributed by atoms with van der Waals surface area (Å²) in [6, 6.07) is 5.40. The van der Waals surface area contributed by atoms with E-state index in [1.54, 1.807) is 12.1 Å². The van der Waals surface area contributed by atoms with Crippen LogP contribution in [-0.2, 0) is 10.0 Å². The molecule has 0 aromatic carbocycles. The Labute approximate surface area is 171 Å². The highest BCUT2D eigenvalue weighted by Gasteiger charge is 2.30. The van der Waals surface area contributed by atoms with Gasteiger partial charge in [-0.1, -0.05) is 6.07 Å². The average molecular weight is 416 g/mol. The normalized spacial score (nSPS) is 18.9. The fourth-order valence-electron chi connectivity index (χ4n) is 3.90. The second kappa shape index (κ2) is 7.62. The number of carbonyl (C=O) groups excluding carboxylic acids is 1. The van der Waals surface area contributed by atoms with Gasteiger partial charge in [-0.15, -0.1) is 0 Å². The number of hydrogen-bond acceptors (Lipinski definition) is 6. The Kier molecular flexibility index (Phi) is 5.16. The predicted octanol–water partition coefficient (Wildman–Crippen LogP) is 1.60. The topological polar surface area (TPSA) is 86.7 Å². The van der Waals surface area contributed by atoms with Crippen molar-refractivity contribution < 1.29 is 13.2 Å². The summed E-state index contributed by atoms with van der Waals surface area (Å²) in [6.07, 6.45) is 3.95. The van der Waals surface area contributed by atoms with E-state index in [4.69, 9.17) is 0 Å². The van der Waals surface area contributed by atoms with Crippen molar-refractivity contribution in [1.29, 1.82) is 0 Å². The van der Waals surface area contributed by atoms with Crippen LogP contribution >= 0.6 is 0 Å². The Morgan fingerprint density at radius 2 is 1.76 bits per heavy atom. The van der Waals surface area contributed by atoms with Crippen LogP contribution in [0.1, 0.15) is 27.9 Å². The molecule has 0 unspecified atom stereocenters. The van der Waals surface area contributed by atoms with Crippen molar-refractivity contribution in [3.63, 3.8) is 0 Å². The zero-order valence-electron chi connectivity index (χ0n) is 16.7. The van der Waals surface area contributed by atoms with Crippen LogP contribution in [0.3, 0.4) is 0 Å². The molecule has 1 amide bonds. The number of aromatic nitrogens is 2. The van der Waals surface area contributed by atoms with E-state index >= 15 is 0 Å². The van der Waals surface area contributed by atoms with Crippen molar-refractivity contribution in [1.82, 2.24) is 14.9 Å². The van der Waals surface area contributed by atoms with Gasteiger partial charge in [-0.2, -0.15) is 0 Å². The average Bonchev–Trinajstić information content (AvgIpc) is 3.07. The minimum Gasteiger partial charge on any atom is -0.353 e. The molecule has 0 bridgehead atoms. The molecule has 9 heteroatoms. The molecule has 2 aromatic rings. The number of anilines is 2. The maximum absolute atomic E-state index is 12.8. The SMILES string of the molecule is Cc1cnc(N2CCN(C(=O)c3ccc(N4CCCS4(=O)=O)nc3)CC2)c(C)c1. The second-order valence-electron chi connectivity index (χ2n) is 7.58. The highest BCUT2D eigenvalue weighted by atomic mass is 32.2. The summed E-state index contributed by atoms with van der Waals surface area (Å²) in [6.45, 7) is 7.18. The van der Waals surface area contributed by atoms with E-state index in [0.717, 1.165) is 30.0 Å². The maximum Gasteiger partial charge on any atom is 0.255 e. The highest BCUT2D eigenvalue weighted by molar-refractivity contribution is 7.93. The number of hydrogen-bond donors (Lipinski definition) is 0. The Balaban J connectivity index is 1.41. The molecule has 0 N–H and O–H groups in total. The number of aryl methyl sites for hydroxylation is 2. The van der Waals surface area contributed by atoms with Crippen molar-refractivity contribution in [2.24, 2.45) is 0 Å². The van der Waals surface area contributed by atoms with E-state index in [1.165, 1.54) is 10.5 Å². The lowest BCUT2D eigenvalue weighted by molar-refractivity contribution is 0.0746. The van der Waals surface area contributed by atoms with Crippen molar-refractivity contribution >= 4 is 27.6 Å². The van der Waals surface area contributed by atoms with Gasteiger partial charge in [0.05, 0.1) is 11.3 Å². The molecule has 0 saturated carbocycles. The van der Waals surface area contributed by atoms with Crippen molar-refractivity contribution in [2.45, 2.75) is 20.3 Å². The summed E-state index contributed by atoms with van der Waals surface area (Å²) in [5.74, 6) is 1.42. The van der Waals surface area contributed by atoms with Gasteiger partial charge in [0.15, 0.2) is 0 Å². The van der Waals surface area contributed by atoms with Crippen LogP contribution in [0.15, 0.2) is 30.6 Å². The van der Waals surface area contributed by atoms with Crippen LogP contribution < -0.4 is 9.21 Å². The van der Waals surface area contributed by atoms with Crippen LogP contribution in [0.25, 0.3) is 0 Å². The van der Waals surface area contributed by atoms with Gasteiger partial charge in [0.1, 0.15) is 11.6 Å². The molecule has 2 fully saturated rings. The smallest absolute Gasteiger partial charge is 0.255 e. The van der Waals surface area contributed by atoms with Gasteiger partial charge < -0.3 is 9.80 Å². The van der Waals surface area contributed by atoms with E-state index < -0.39 is 10.0 Å². The Morgan fingerprint density at radius 1 is 1.00 bits per heavy atom. The minimum atomic E-state index is -3.27. The first-order valence-electron chi connectivity index (χ1n) is 9.79. The van der Waals surface area contributed by atoms with E-state index in [-0.39, 0.29) is 11.7 Å². The van der Waals surface area contributed by atoms with Crippen LogP contribution in [-0.4, -0.2) is 67.7 Å². The standard InChI is InChI=1S/C20H25N5O3S/c1-15-12-16(2)19(22-13-15)23-7-9-24(10-8-23)20(26)17-4-5-18(21-14-17)25-6-3-11-29(25,27)28/h4-5,12-14H,3,6-11H2,1-2H3. The minimum absolute atomic E-state index is 0.0819. The molecule has 2 aliphatic rings. The van der Waals surface area contributed by atoms with Gasteiger partial charge in [0.25, 0.3) is 5.91 Å². The molecule has 4 rings (SSSR count). The van der Waals surface area contributed by atoms with E-state index in [1.807, 2.05) is 18.0 Å². The number of sulfonamides is 1. The van der Waals surface area contributed by atoms with Crippen molar-refractivity contribution in [2.75, 3.05) is 47.7 Å². The number of rotatable bonds is 3. The third-order valence-corrected chi connectivity index (χ3v) is 7.25. The number of pyridine rings is 2. The van der Waals surface area contributed by atoms with Gasteiger partial charge in [-0.05, 0) is 43.5 Å². The molecular formula is C20H25N5O3S. The Hall–Kier alpha value is -2.68. The molecule has 8 nitrogen and oxygen atoms in total. The number of carbonyl (C=O) groups is 1. The van der Waals surface area contributed by atoms with Crippen molar-refractivity contribution in [3.05, 3.63) is 47.3 Å². The van der Waals surface area contributed by atoms with Crippen LogP contribution in [0.2, 0.25) is 0 Å². The first-order valence-corrected chi connectivity index (χ1v) is 11.4. The molecule has 29 heavy (non-hydrogen) atoms. The Bertz CT molecular complexity index is 1010. The summed E-state index contributed by atoms with van der Waals surface area (Å²) in [4.78, 5) is 25.6. The summed E-state index contributed by atoms with van der Waals surface area (Å²) in [5.41, 5.74) is 2.75. The molecule has 2 aliphatic heterocycles. The largest absolute Gasteiger partial charge is 0.353 e. The van der Waals surface area contributed by atoms with Crippen LogP contribution in [0.5, 0.6) is 0 Å². The van der Waals surface area contributed by atoms with Gasteiger partial charge in [0, 0.05) is 45.1 Å². The molecule has 0 aliphatic carbocycles. The quantitative estimate of drug-likeness (QED) is 0.757. The third kappa shape index (κ3) is 3.91. The molecule has 2 aromatic heterocycles. The van der Waals surface area contributed by atoms with E-state index in [9.17, 15) is 13.2 Å². The summed E-state index contributed by atoms with van der Waals surface area (Å²) >= 11 is 0. The third-order valence-electron chi connectivity index (χ3n) is 5.40. The zero-order chi connectivity index (χ0) is 20.6. The van der Waals surface area contributed by atoms with E-state index in [2.05, 4.69) is 27.9 Å². The summed E-state index contributed by atoms with van der Waals surface area (Å²) < 4.78 is 25.4. The molecule has 4 heterocycles.